The van der Waals surface area contributed by atoms with E-state index < -0.39 is 0 Å². The molecule has 1 unspecified atom stereocenters. The number of ether oxygens (including phenoxy) is 1. The molecule has 230 valence electrons. The van der Waals surface area contributed by atoms with Gasteiger partial charge in [-0.25, -0.2) is 9.18 Å². The lowest BCUT2D eigenvalue weighted by atomic mass is 9.64. The molecule has 0 heterocycles. The van der Waals surface area contributed by atoms with Crippen LogP contribution in [0.5, 0.6) is 0 Å². The van der Waals surface area contributed by atoms with Crippen molar-refractivity contribution in [3.05, 3.63) is 47.3 Å². The van der Waals surface area contributed by atoms with Crippen molar-refractivity contribution in [2.45, 2.75) is 129 Å². The third kappa shape index (κ3) is 9.15. The monoisotopic (exact) mass is 568 g/mol. The fourth-order valence-corrected chi connectivity index (χ4v) is 8.61. The van der Waals surface area contributed by atoms with E-state index in [9.17, 15) is 14.3 Å². The Balaban J connectivity index is 1.17. The molecule has 1 atom stereocenters. The number of aryl methyl sites for hydroxylation is 1. The number of esters is 1. The number of rotatable bonds is 13. The van der Waals surface area contributed by atoms with E-state index in [0.29, 0.717) is 30.4 Å². The maximum atomic E-state index is 14.7. The summed E-state index contributed by atoms with van der Waals surface area (Å²) in [6.45, 7) is 8.13. The average Bonchev–Trinajstić information content (AvgIpc) is 3.00. The van der Waals surface area contributed by atoms with E-state index in [-0.39, 0.29) is 24.3 Å². The van der Waals surface area contributed by atoms with Crippen LogP contribution in [0.2, 0.25) is 0 Å². The Labute approximate surface area is 249 Å². The molecule has 41 heavy (non-hydrogen) atoms. The van der Waals surface area contributed by atoms with Crippen LogP contribution in [0.25, 0.3) is 0 Å². The highest BCUT2D eigenvalue weighted by Gasteiger charge is 2.36. The Kier molecular flexibility index (Phi) is 12.8. The molecule has 1 aromatic rings. The first-order chi connectivity index (χ1) is 19.9. The van der Waals surface area contributed by atoms with Crippen molar-refractivity contribution in [1.82, 2.24) is 0 Å². The van der Waals surface area contributed by atoms with Crippen LogP contribution in [0.1, 0.15) is 134 Å². The highest BCUT2D eigenvalue weighted by atomic mass is 19.1. The second-order valence-electron chi connectivity index (χ2n) is 13.9. The molecule has 4 rings (SSSR count). The standard InChI is InChI=1S/C37H57FO3/c1-4-5-6-7-33-20-21-34(24-36(33)38)31-16-12-29(13-17-31)27-8-10-28(11-9-27)30-14-18-32(19-15-30)35(22-23-39)25-41-37(40)26(2)3/h20-21,24,27-32,35,39H,2,4-19,22-23,25H2,1,3H3. The second-order valence-corrected chi connectivity index (χ2v) is 13.9. The minimum atomic E-state index is -0.312. The van der Waals surface area contributed by atoms with Gasteiger partial charge in [0, 0.05) is 12.2 Å². The summed E-state index contributed by atoms with van der Waals surface area (Å²) in [6, 6.07) is 6.13. The Morgan fingerprint density at radius 1 is 0.927 bits per heavy atom. The zero-order valence-electron chi connectivity index (χ0n) is 26.1. The molecule has 0 amide bonds. The van der Waals surface area contributed by atoms with Gasteiger partial charge >= 0.3 is 5.97 Å². The zero-order valence-corrected chi connectivity index (χ0v) is 26.1. The van der Waals surface area contributed by atoms with Gasteiger partial charge in [0.25, 0.3) is 0 Å². The number of aliphatic hydroxyl groups is 1. The molecule has 3 fully saturated rings. The third-order valence-corrected chi connectivity index (χ3v) is 11.3. The van der Waals surface area contributed by atoms with Crippen molar-refractivity contribution in [2.24, 2.45) is 35.5 Å². The Morgan fingerprint density at radius 3 is 2.00 bits per heavy atom. The van der Waals surface area contributed by atoms with Gasteiger partial charge in [0.1, 0.15) is 5.82 Å². The van der Waals surface area contributed by atoms with Gasteiger partial charge in [0.05, 0.1) is 6.61 Å². The fourth-order valence-electron chi connectivity index (χ4n) is 8.61. The molecule has 3 saturated carbocycles. The van der Waals surface area contributed by atoms with Gasteiger partial charge in [-0.3, -0.25) is 0 Å². The Bertz CT molecular complexity index is 949. The van der Waals surface area contributed by atoms with Crippen LogP contribution >= 0.6 is 0 Å². The zero-order chi connectivity index (χ0) is 29.2. The van der Waals surface area contributed by atoms with Crippen molar-refractivity contribution in [3.8, 4) is 0 Å². The molecule has 3 aliphatic carbocycles. The molecule has 0 saturated heterocycles. The Hall–Kier alpha value is -1.68. The predicted molar refractivity (Wildman–Crippen MR) is 166 cm³/mol. The first-order valence-corrected chi connectivity index (χ1v) is 17.1. The van der Waals surface area contributed by atoms with E-state index >= 15 is 0 Å². The van der Waals surface area contributed by atoms with E-state index in [2.05, 4.69) is 25.6 Å². The van der Waals surface area contributed by atoms with E-state index in [4.69, 9.17) is 4.74 Å². The lowest BCUT2D eigenvalue weighted by Gasteiger charge is -2.42. The van der Waals surface area contributed by atoms with Crippen molar-refractivity contribution in [1.29, 1.82) is 0 Å². The van der Waals surface area contributed by atoms with Crippen LogP contribution in [0, 0.1) is 41.3 Å². The van der Waals surface area contributed by atoms with Gasteiger partial charge in [0.15, 0.2) is 0 Å². The molecule has 0 aliphatic heterocycles. The quantitative estimate of drug-likeness (QED) is 0.146. The first-order valence-electron chi connectivity index (χ1n) is 17.1. The number of carbonyl (C=O) groups excluding carboxylic acids is 1. The molecule has 4 heteroatoms. The van der Waals surface area contributed by atoms with Gasteiger partial charge in [0.2, 0.25) is 0 Å². The highest BCUT2D eigenvalue weighted by Crippen LogP contribution is 2.48. The van der Waals surface area contributed by atoms with Crippen LogP contribution in [-0.4, -0.2) is 24.3 Å². The molecular weight excluding hydrogens is 511 g/mol. The van der Waals surface area contributed by atoms with E-state index in [1.165, 1.54) is 95.5 Å². The summed E-state index contributed by atoms with van der Waals surface area (Å²) in [6.07, 6.45) is 20.6. The maximum absolute atomic E-state index is 14.7. The smallest absolute Gasteiger partial charge is 0.333 e. The van der Waals surface area contributed by atoms with Gasteiger partial charge in [-0.1, -0.05) is 38.5 Å². The summed E-state index contributed by atoms with van der Waals surface area (Å²) in [5, 5.41) is 9.58. The summed E-state index contributed by atoms with van der Waals surface area (Å²) in [4.78, 5) is 11.9. The number of aliphatic hydroxyl groups excluding tert-OH is 1. The van der Waals surface area contributed by atoms with Crippen LogP contribution < -0.4 is 0 Å². The van der Waals surface area contributed by atoms with Gasteiger partial charge in [-0.05, 0) is 162 Å². The van der Waals surface area contributed by atoms with E-state index in [1.54, 1.807) is 6.92 Å². The SMILES string of the molecule is C=C(C)C(=O)OCC(CCO)C1CCC(C2CCC(C3CCC(c4ccc(CCCCC)c(F)c4)CC3)CC2)CC1. The number of carbonyl (C=O) groups is 1. The molecular formula is C37H57FO3. The summed E-state index contributed by atoms with van der Waals surface area (Å²) in [5.74, 6) is 4.52. The molecule has 0 spiro atoms. The molecule has 3 nitrogen and oxygen atoms in total. The largest absolute Gasteiger partial charge is 0.462 e. The van der Waals surface area contributed by atoms with Crippen molar-refractivity contribution in [2.75, 3.05) is 13.2 Å². The predicted octanol–water partition coefficient (Wildman–Crippen LogP) is 9.56. The molecule has 1 aromatic carbocycles. The van der Waals surface area contributed by atoms with Gasteiger partial charge in [-0.2, -0.15) is 0 Å². The van der Waals surface area contributed by atoms with Crippen LogP contribution in [0.15, 0.2) is 30.4 Å². The normalized spacial score (nSPS) is 29.6. The molecule has 3 aliphatic rings. The number of hydrogen-bond acceptors (Lipinski definition) is 3. The van der Waals surface area contributed by atoms with Crippen LogP contribution in [0.4, 0.5) is 4.39 Å². The summed E-state index contributed by atoms with van der Waals surface area (Å²) < 4.78 is 20.2. The summed E-state index contributed by atoms with van der Waals surface area (Å²) in [5.41, 5.74) is 2.57. The molecule has 0 bridgehead atoms. The lowest BCUT2D eigenvalue weighted by Crippen LogP contribution is -2.32. The molecule has 0 aromatic heterocycles. The van der Waals surface area contributed by atoms with Gasteiger partial charge < -0.3 is 9.84 Å². The Morgan fingerprint density at radius 2 is 1.49 bits per heavy atom. The van der Waals surface area contributed by atoms with Gasteiger partial charge in [-0.15, -0.1) is 0 Å². The van der Waals surface area contributed by atoms with Crippen LogP contribution in [0.3, 0.4) is 0 Å². The average molecular weight is 569 g/mol. The maximum Gasteiger partial charge on any atom is 0.333 e. The number of unbranched alkanes of at least 4 members (excludes halogenated alkanes) is 2. The minimum Gasteiger partial charge on any atom is -0.462 e. The number of halogens is 1. The third-order valence-electron chi connectivity index (χ3n) is 11.3. The molecule has 1 N–H and O–H groups in total. The fraction of sp³-hybridized carbons (Fsp3) is 0.757. The minimum absolute atomic E-state index is 0.0169. The van der Waals surface area contributed by atoms with Crippen molar-refractivity contribution < 1.29 is 19.0 Å². The van der Waals surface area contributed by atoms with E-state index in [1.807, 2.05) is 6.07 Å². The van der Waals surface area contributed by atoms with Crippen molar-refractivity contribution >= 4 is 5.97 Å². The number of benzene rings is 1. The second kappa shape index (κ2) is 16.2. The lowest BCUT2D eigenvalue weighted by molar-refractivity contribution is -0.141. The molecule has 0 radical (unpaired) electrons. The summed E-state index contributed by atoms with van der Waals surface area (Å²) >= 11 is 0. The van der Waals surface area contributed by atoms with Crippen LogP contribution in [-0.2, 0) is 16.0 Å². The number of hydrogen-bond donors (Lipinski definition) is 1. The summed E-state index contributed by atoms with van der Waals surface area (Å²) in [7, 11) is 0. The van der Waals surface area contributed by atoms with E-state index in [0.717, 1.165) is 42.1 Å². The highest BCUT2D eigenvalue weighted by molar-refractivity contribution is 5.86. The first kappa shape index (κ1) is 32.2. The van der Waals surface area contributed by atoms with Crippen molar-refractivity contribution in [3.63, 3.8) is 0 Å². The topological polar surface area (TPSA) is 46.5 Å².